The van der Waals surface area contributed by atoms with Gasteiger partial charge in [0.2, 0.25) is 5.91 Å². The Hall–Kier alpha value is -3.43. The molecule has 1 N–H and O–H groups in total. The second-order valence-corrected chi connectivity index (χ2v) is 7.11. The fraction of sp³-hybridized carbons (Fsp3) is 0.450. The van der Waals surface area contributed by atoms with Crippen LogP contribution in [0, 0.1) is 5.92 Å². The molecule has 10 heteroatoms. The van der Waals surface area contributed by atoms with Crippen LogP contribution in [0.15, 0.2) is 24.5 Å². The fourth-order valence-electron chi connectivity index (χ4n) is 3.55. The molecule has 30 heavy (non-hydrogen) atoms. The SMILES string of the molecule is CCn1nnc2c(N3CC(C(=O)NCCc4ccc(OC)c(OC)c4)C3)ncnc21. The maximum Gasteiger partial charge on any atom is 0.226 e. The molecule has 158 valence electrons. The molecule has 1 aliphatic heterocycles. The molecule has 1 aliphatic rings. The van der Waals surface area contributed by atoms with E-state index in [2.05, 4.69) is 25.6 Å². The predicted octanol–water partition coefficient (Wildman–Crippen LogP) is 1.05. The lowest BCUT2D eigenvalue weighted by atomic mass is 9.99. The summed E-state index contributed by atoms with van der Waals surface area (Å²) in [4.78, 5) is 23.1. The lowest BCUT2D eigenvalue weighted by molar-refractivity contribution is -0.125. The third-order valence-electron chi connectivity index (χ3n) is 5.29. The number of hydrogen-bond acceptors (Lipinski definition) is 8. The number of ether oxygens (including phenoxy) is 2. The van der Waals surface area contributed by atoms with Gasteiger partial charge >= 0.3 is 0 Å². The molecule has 0 unspecified atom stereocenters. The molecule has 0 bridgehead atoms. The van der Waals surface area contributed by atoms with Crippen molar-refractivity contribution in [2.24, 2.45) is 5.92 Å². The summed E-state index contributed by atoms with van der Waals surface area (Å²) in [7, 11) is 3.22. The van der Waals surface area contributed by atoms with Gasteiger partial charge in [0.1, 0.15) is 6.33 Å². The first kappa shape index (κ1) is 19.9. The molecule has 3 aromatic rings. The number of benzene rings is 1. The van der Waals surface area contributed by atoms with Crippen LogP contribution in [0.1, 0.15) is 12.5 Å². The number of aromatic nitrogens is 5. The molecule has 10 nitrogen and oxygen atoms in total. The summed E-state index contributed by atoms with van der Waals surface area (Å²) in [6, 6.07) is 5.78. The summed E-state index contributed by atoms with van der Waals surface area (Å²) >= 11 is 0. The largest absolute Gasteiger partial charge is 0.493 e. The molecule has 1 saturated heterocycles. The molecule has 1 amide bonds. The molecule has 0 aliphatic carbocycles. The smallest absolute Gasteiger partial charge is 0.226 e. The lowest BCUT2D eigenvalue weighted by Crippen LogP contribution is -2.54. The van der Waals surface area contributed by atoms with Crippen LogP contribution in [0.25, 0.3) is 11.2 Å². The Kier molecular flexibility index (Phi) is 5.64. The van der Waals surface area contributed by atoms with Crippen molar-refractivity contribution in [1.29, 1.82) is 0 Å². The van der Waals surface area contributed by atoms with E-state index in [9.17, 15) is 4.79 Å². The zero-order valence-electron chi connectivity index (χ0n) is 17.3. The second-order valence-electron chi connectivity index (χ2n) is 7.11. The average Bonchev–Trinajstić information content (AvgIpc) is 3.16. The molecule has 0 radical (unpaired) electrons. The minimum Gasteiger partial charge on any atom is -0.493 e. The third kappa shape index (κ3) is 3.72. The van der Waals surface area contributed by atoms with E-state index in [0.29, 0.717) is 48.8 Å². The molecule has 4 rings (SSSR count). The number of nitrogens with one attached hydrogen (secondary N) is 1. The first-order valence-electron chi connectivity index (χ1n) is 9.92. The van der Waals surface area contributed by atoms with Crippen LogP contribution in [0.3, 0.4) is 0 Å². The summed E-state index contributed by atoms with van der Waals surface area (Å²) in [6.45, 7) is 4.45. The molecule has 3 heterocycles. The van der Waals surface area contributed by atoms with Gasteiger partial charge in [0.05, 0.1) is 20.1 Å². The number of carbonyl (C=O) groups is 1. The van der Waals surface area contributed by atoms with Gasteiger partial charge in [-0.3, -0.25) is 4.79 Å². The number of nitrogens with zero attached hydrogens (tertiary/aromatic N) is 6. The van der Waals surface area contributed by atoms with E-state index in [1.807, 2.05) is 30.0 Å². The Bertz CT molecular complexity index is 1050. The van der Waals surface area contributed by atoms with Crippen LogP contribution < -0.4 is 19.7 Å². The minimum atomic E-state index is -0.0679. The van der Waals surface area contributed by atoms with Crippen LogP contribution >= 0.6 is 0 Å². The van der Waals surface area contributed by atoms with Gasteiger partial charge in [0, 0.05) is 26.2 Å². The van der Waals surface area contributed by atoms with Crippen LogP contribution in [-0.2, 0) is 17.8 Å². The zero-order chi connectivity index (χ0) is 21.1. The first-order valence-corrected chi connectivity index (χ1v) is 9.92. The van der Waals surface area contributed by atoms with E-state index >= 15 is 0 Å². The Labute approximate surface area is 174 Å². The highest BCUT2D eigenvalue weighted by Crippen LogP contribution is 2.28. The average molecular weight is 411 g/mol. The number of aryl methyl sites for hydroxylation is 1. The zero-order valence-corrected chi connectivity index (χ0v) is 17.3. The molecule has 1 aromatic carbocycles. The van der Waals surface area contributed by atoms with Crippen LogP contribution in [0.5, 0.6) is 11.5 Å². The summed E-state index contributed by atoms with van der Waals surface area (Å²) in [6.07, 6.45) is 2.24. The molecule has 0 spiro atoms. The maximum absolute atomic E-state index is 12.5. The molecular weight excluding hydrogens is 386 g/mol. The Balaban J connectivity index is 1.29. The maximum atomic E-state index is 12.5. The standard InChI is InChI=1S/C20H25N7O3/c1-4-27-19-17(24-25-27)18(22-12-23-19)26-10-14(11-26)20(28)21-8-7-13-5-6-15(29-2)16(9-13)30-3/h5-6,9,12,14H,4,7-8,10-11H2,1-3H3,(H,21,28). The number of amides is 1. The van der Waals surface area contributed by atoms with Crippen molar-refractivity contribution < 1.29 is 14.3 Å². The number of hydrogen-bond donors (Lipinski definition) is 1. The van der Waals surface area contributed by atoms with Crippen molar-refractivity contribution in [3.63, 3.8) is 0 Å². The number of anilines is 1. The molecule has 0 atom stereocenters. The molecular formula is C20H25N7O3. The fourth-order valence-corrected chi connectivity index (χ4v) is 3.55. The van der Waals surface area contributed by atoms with Gasteiger partial charge in [-0.25, -0.2) is 14.6 Å². The summed E-state index contributed by atoms with van der Waals surface area (Å²) < 4.78 is 12.3. The normalized spacial score (nSPS) is 13.9. The van der Waals surface area contributed by atoms with Gasteiger partial charge in [-0.15, -0.1) is 5.10 Å². The van der Waals surface area contributed by atoms with Gasteiger partial charge in [-0.2, -0.15) is 0 Å². The summed E-state index contributed by atoms with van der Waals surface area (Å²) in [5.41, 5.74) is 2.46. The van der Waals surface area contributed by atoms with Crippen LogP contribution in [0.4, 0.5) is 5.82 Å². The monoisotopic (exact) mass is 411 g/mol. The van der Waals surface area contributed by atoms with E-state index in [4.69, 9.17) is 9.47 Å². The van der Waals surface area contributed by atoms with E-state index in [1.165, 1.54) is 6.33 Å². The lowest BCUT2D eigenvalue weighted by Gasteiger charge is -2.38. The van der Waals surface area contributed by atoms with Gasteiger partial charge in [-0.1, -0.05) is 11.3 Å². The quantitative estimate of drug-likeness (QED) is 0.586. The van der Waals surface area contributed by atoms with Crippen molar-refractivity contribution in [3.05, 3.63) is 30.1 Å². The topological polar surface area (TPSA) is 107 Å². The molecule has 1 fully saturated rings. The Morgan fingerprint density at radius 3 is 2.73 bits per heavy atom. The number of rotatable bonds is 8. The van der Waals surface area contributed by atoms with Crippen molar-refractivity contribution in [2.45, 2.75) is 19.9 Å². The van der Waals surface area contributed by atoms with E-state index in [-0.39, 0.29) is 11.8 Å². The van der Waals surface area contributed by atoms with E-state index in [0.717, 1.165) is 17.8 Å². The Morgan fingerprint density at radius 1 is 1.20 bits per heavy atom. The number of methoxy groups -OCH3 is 2. The van der Waals surface area contributed by atoms with Crippen molar-refractivity contribution in [2.75, 3.05) is 38.8 Å². The summed E-state index contributed by atoms with van der Waals surface area (Å²) in [5, 5.41) is 11.3. The van der Waals surface area contributed by atoms with Crippen LogP contribution in [0.2, 0.25) is 0 Å². The van der Waals surface area contributed by atoms with E-state index < -0.39 is 0 Å². The van der Waals surface area contributed by atoms with Crippen molar-refractivity contribution >= 4 is 22.9 Å². The van der Waals surface area contributed by atoms with Gasteiger partial charge in [0.15, 0.2) is 28.5 Å². The highest BCUT2D eigenvalue weighted by molar-refractivity contribution is 5.86. The highest BCUT2D eigenvalue weighted by atomic mass is 16.5. The number of carbonyl (C=O) groups excluding carboxylic acids is 1. The summed E-state index contributed by atoms with van der Waals surface area (Å²) in [5.74, 6) is 2.09. The minimum absolute atomic E-state index is 0.0502. The number of fused-ring (bicyclic) bond motifs is 1. The van der Waals surface area contributed by atoms with Gasteiger partial charge in [0.25, 0.3) is 0 Å². The van der Waals surface area contributed by atoms with Crippen molar-refractivity contribution in [1.82, 2.24) is 30.3 Å². The predicted molar refractivity (Wildman–Crippen MR) is 111 cm³/mol. The second kappa shape index (κ2) is 8.52. The third-order valence-corrected chi connectivity index (χ3v) is 5.29. The van der Waals surface area contributed by atoms with Gasteiger partial charge < -0.3 is 19.7 Å². The van der Waals surface area contributed by atoms with Crippen molar-refractivity contribution in [3.8, 4) is 11.5 Å². The Morgan fingerprint density at radius 2 is 2.00 bits per heavy atom. The first-order chi connectivity index (χ1) is 14.6. The molecule has 2 aromatic heterocycles. The van der Waals surface area contributed by atoms with Crippen LogP contribution in [-0.4, -0.2) is 64.7 Å². The highest BCUT2D eigenvalue weighted by Gasteiger charge is 2.34. The van der Waals surface area contributed by atoms with Gasteiger partial charge in [-0.05, 0) is 31.0 Å². The molecule has 0 saturated carbocycles. The van der Waals surface area contributed by atoms with E-state index in [1.54, 1.807) is 18.9 Å².